The molecule has 0 radical (unpaired) electrons. The van der Waals surface area contributed by atoms with Gasteiger partial charge < -0.3 is 24.6 Å². The molecule has 0 bridgehead atoms. The first kappa shape index (κ1) is 22.8. The first-order valence-corrected chi connectivity index (χ1v) is 10.5. The second-order valence-corrected chi connectivity index (χ2v) is 7.39. The number of nitrogens with zero attached hydrogens (tertiary/aromatic N) is 3. The number of hydrogen-bond acceptors (Lipinski definition) is 4. The fourth-order valence-corrected chi connectivity index (χ4v) is 3.58. The second kappa shape index (κ2) is 11.5. The molecule has 1 aliphatic rings. The van der Waals surface area contributed by atoms with Crippen LogP contribution in [0.1, 0.15) is 43.7 Å². The van der Waals surface area contributed by atoms with Crippen LogP contribution in [0, 0.1) is 0 Å². The van der Waals surface area contributed by atoms with Gasteiger partial charge in [-0.25, -0.2) is 0 Å². The van der Waals surface area contributed by atoms with Crippen LogP contribution in [0.2, 0.25) is 0 Å². The molecule has 0 spiro atoms. The van der Waals surface area contributed by atoms with Gasteiger partial charge in [0.15, 0.2) is 17.5 Å². The molecule has 1 aromatic carbocycles. The minimum atomic E-state index is 0.196. The van der Waals surface area contributed by atoms with Gasteiger partial charge in [-0.15, -0.1) is 0 Å². The quantitative estimate of drug-likeness (QED) is 0.389. The molecule has 0 aliphatic carbocycles. The maximum atomic E-state index is 12.7. The molecular weight excluding hydrogens is 368 g/mol. The minimum Gasteiger partial charge on any atom is -0.493 e. The summed E-state index contributed by atoms with van der Waals surface area (Å²) in [7, 11) is 7.12. The molecule has 0 fully saturated rings. The van der Waals surface area contributed by atoms with E-state index in [2.05, 4.69) is 22.1 Å². The van der Waals surface area contributed by atoms with Gasteiger partial charge in [0.2, 0.25) is 5.91 Å². The highest BCUT2D eigenvalue weighted by Crippen LogP contribution is 2.33. The molecule has 1 amide bonds. The first-order valence-electron chi connectivity index (χ1n) is 10.5. The van der Waals surface area contributed by atoms with E-state index in [9.17, 15) is 4.79 Å². The molecule has 162 valence electrons. The summed E-state index contributed by atoms with van der Waals surface area (Å²) in [5.74, 6) is 2.54. The molecule has 7 heteroatoms. The summed E-state index contributed by atoms with van der Waals surface area (Å²) in [6.07, 6.45) is 4.46. The Morgan fingerprint density at radius 2 is 1.90 bits per heavy atom. The van der Waals surface area contributed by atoms with Crippen molar-refractivity contribution >= 4 is 11.9 Å². The third kappa shape index (κ3) is 6.27. The Kier molecular flexibility index (Phi) is 9.09. The summed E-state index contributed by atoms with van der Waals surface area (Å²) in [6.45, 7) is 5.28. The van der Waals surface area contributed by atoms with Gasteiger partial charge >= 0.3 is 0 Å². The molecule has 0 atom stereocenters. The van der Waals surface area contributed by atoms with Gasteiger partial charge in [0, 0.05) is 46.7 Å². The lowest BCUT2D eigenvalue weighted by atomic mass is 9.98. The predicted octanol–water partition coefficient (Wildman–Crippen LogP) is 2.68. The van der Waals surface area contributed by atoms with Gasteiger partial charge in [-0.05, 0) is 42.5 Å². The average molecular weight is 405 g/mol. The van der Waals surface area contributed by atoms with Gasteiger partial charge in [0.05, 0.1) is 14.2 Å². The molecular formula is C22H36N4O3. The second-order valence-electron chi connectivity index (χ2n) is 7.39. The van der Waals surface area contributed by atoms with Gasteiger partial charge in [-0.2, -0.15) is 0 Å². The molecule has 2 rings (SSSR count). The van der Waals surface area contributed by atoms with Crippen molar-refractivity contribution in [3.05, 3.63) is 23.3 Å². The van der Waals surface area contributed by atoms with Crippen molar-refractivity contribution in [2.24, 2.45) is 4.99 Å². The number of nitrogens with one attached hydrogen (secondary N) is 1. The summed E-state index contributed by atoms with van der Waals surface area (Å²) >= 11 is 0. The van der Waals surface area contributed by atoms with Gasteiger partial charge in [-0.3, -0.25) is 9.79 Å². The Hall–Kier alpha value is -2.44. The first-order chi connectivity index (χ1) is 14.0. The van der Waals surface area contributed by atoms with Gasteiger partial charge in [-0.1, -0.05) is 13.3 Å². The molecule has 7 nitrogen and oxygen atoms in total. The van der Waals surface area contributed by atoms with Crippen LogP contribution in [0.5, 0.6) is 11.5 Å². The number of aliphatic imine (C=N–C) groups is 1. The summed E-state index contributed by atoms with van der Waals surface area (Å²) in [4.78, 5) is 21.1. The Balaban J connectivity index is 1.82. The lowest BCUT2D eigenvalue weighted by molar-refractivity contribution is -0.132. The number of rotatable bonds is 9. The smallest absolute Gasteiger partial charge is 0.222 e. The normalized spacial score (nSPS) is 13.7. The lowest BCUT2D eigenvalue weighted by Crippen LogP contribution is -2.40. The SMILES string of the molecule is CCCCN(C)C(=NC)NCCCC(=O)N1CCc2cc(OC)c(OC)cc2C1. The Labute approximate surface area is 175 Å². The van der Waals surface area contributed by atoms with Gasteiger partial charge in [0.25, 0.3) is 0 Å². The topological polar surface area (TPSA) is 66.4 Å². The monoisotopic (exact) mass is 404 g/mol. The van der Waals surface area contributed by atoms with Crippen LogP contribution in [0.15, 0.2) is 17.1 Å². The van der Waals surface area contributed by atoms with Crippen molar-refractivity contribution in [1.29, 1.82) is 0 Å². The summed E-state index contributed by atoms with van der Waals surface area (Å²) in [5.41, 5.74) is 2.37. The van der Waals surface area contributed by atoms with Crippen LogP contribution in [0.25, 0.3) is 0 Å². The average Bonchev–Trinajstić information content (AvgIpc) is 2.75. The van der Waals surface area contributed by atoms with Crippen LogP contribution < -0.4 is 14.8 Å². The maximum absolute atomic E-state index is 12.7. The zero-order chi connectivity index (χ0) is 21.2. The number of unbranched alkanes of at least 4 members (excludes halogenated alkanes) is 1. The molecule has 1 aromatic rings. The van der Waals surface area contributed by atoms with E-state index in [1.165, 1.54) is 5.56 Å². The minimum absolute atomic E-state index is 0.196. The van der Waals surface area contributed by atoms with E-state index >= 15 is 0 Å². The fraction of sp³-hybridized carbons (Fsp3) is 0.636. The number of methoxy groups -OCH3 is 2. The number of carbonyl (C=O) groups is 1. The number of benzene rings is 1. The third-order valence-electron chi connectivity index (χ3n) is 5.34. The maximum Gasteiger partial charge on any atom is 0.222 e. The molecule has 1 aliphatic heterocycles. The van der Waals surface area contributed by atoms with Crippen LogP contribution in [-0.4, -0.2) is 69.6 Å². The Morgan fingerprint density at radius 1 is 1.21 bits per heavy atom. The highest BCUT2D eigenvalue weighted by Gasteiger charge is 2.22. The zero-order valence-corrected chi connectivity index (χ0v) is 18.6. The van der Waals surface area contributed by atoms with E-state index in [0.29, 0.717) is 18.7 Å². The Morgan fingerprint density at radius 3 is 2.52 bits per heavy atom. The summed E-state index contributed by atoms with van der Waals surface area (Å²) < 4.78 is 10.8. The summed E-state index contributed by atoms with van der Waals surface area (Å²) in [5, 5.41) is 3.35. The van der Waals surface area contributed by atoms with Crippen LogP contribution in [-0.2, 0) is 17.8 Å². The molecule has 0 unspecified atom stereocenters. The number of amides is 1. The van der Waals surface area contributed by atoms with E-state index in [1.54, 1.807) is 21.3 Å². The van der Waals surface area contributed by atoms with Crippen molar-refractivity contribution in [3.63, 3.8) is 0 Å². The number of hydrogen-bond donors (Lipinski definition) is 1. The highest BCUT2D eigenvalue weighted by molar-refractivity contribution is 5.80. The lowest BCUT2D eigenvalue weighted by Gasteiger charge is -2.30. The van der Waals surface area contributed by atoms with Crippen molar-refractivity contribution in [1.82, 2.24) is 15.1 Å². The number of carbonyl (C=O) groups excluding carboxylic acids is 1. The van der Waals surface area contributed by atoms with Crippen LogP contribution in [0.3, 0.4) is 0 Å². The van der Waals surface area contributed by atoms with Crippen LogP contribution in [0.4, 0.5) is 0 Å². The molecule has 0 saturated heterocycles. The van der Waals surface area contributed by atoms with E-state index in [4.69, 9.17) is 9.47 Å². The van der Waals surface area contributed by atoms with E-state index in [1.807, 2.05) is 24.1 Å². The highest BCUT2D eigenvalue weighted by atomic mass is 16.5. The number of fused-ring (bicyclic) bond motifs is 1. The molecule has 0 saturated carbocycles. The Bertz CT molecular complexity index is 706. The zero-order valence-electron chi connectivity index (χ0n) is 18.6. The standard InChI is InChI=1S/C22H36N4O3/c1-6-7-12-25(3)22(23-2)24-11-8-9-21(27)26-13-10-17-14-19(28-4)20(29-5)15-18(17)16-26/h14-15H,6-13,16H2,1-5H3,(H,23,24). The fourth-order valence-electron chi connectivity index (χ4n) is 3.58. The van der Waals surface area contributed by atoms with E-state index in [-0.39, 0.29) is 5.91 Å². The molecule has 1 heterocycles. The van der Waals surface area contributed by atoms with Gasteiger partial charge in [0.1, 0.15) is 0 Å². The third-order valence-corrected chi connectivity index (χ3v) is 5.34. The van der Waals surface area contributed by atoms with Crippen molar-refractivity contribution in [3.8, 4) is 11.5 Å². The molecule has 0 aromatic heterocycles. The summed E-state index contributed by atoms with van der Waals surface area (Å²) in [6, 6.07) is 4.02. The predicted molar refractivity (Wildman–Crippen MR) is 117 cm³/mol. The van der Waals surface area contributed by atoms with E-state index < -0.39 is 0 Å². The molecule has 1 N–H and O–H groups in total. The molecule has 29 heavy (non-hydrogen) atoms. The van der Waals surface area contributed by atoms with E-state index in [0.717, 1.165) is 62.6 Å². The van der Waals surface area contributed by atoms with Crippen molar-refractivity contribution in [2.45, 2.75) is 45.6 Å². The number of ether oxygens (including phenoxy) is 2. The van der Waals surface area contributed by atoms with Crippen molar-refractivity contribution < 1.29 is 14.3 Å². The largest absolute Gasteiger partial charge is 0.493 e. The van der Waals surface area contributed by atoms with Crippen molar-refractivity contribution in [2.75, 3.05) is 47.9 Å². The number of guanidine groups is 1. The van der Waals surface area contributed by atoms with Crippen LogP contribution >= 0.6 is 0 Å².